The van der Waals surface area contributed by atoms with Crippen LogP contribution in [-0.4, -0.2) is 29.9 Å². The number of anilines is 1. The zero-order chi connectivity index (χ0) is 20.9. The Morgan fingerprint density at radius 2 is 1.77 bits per heavy atom. The number of nitrogens with one attached hydrogen (secondary N) is 1. The quantitative estimate of drug-likeness (QED) is 0.612. The van der Waals surface area contributed by atoms with Gasteiger partial charge in [-0.15, -0.1) is 11.3 Å². The molecule has 0 fully saturated rings. The van der Waals surface area contributed by atoms with Crippen molar-refractivity contribution in [1.82, 2.24) is 4.90 Å². The van der Waals surface area contributed by atoms with Crippen LogP contribution >= 0.6 is 11.3 Å². The lowest BCUT2D eigenvalue weighted by atomic mass is 10.0. The first-order valence-corrected chi connectivity index (χ1v) is 10.6. The highest BCUT2D eigenvalue weighted by molar-refractivity contribution is 7.17. The first kappa shape index (κ1) is 20.1. The van der Waals surface area contributed by atoms with Crippen LogP contribution in [0.1, 0.15) is 26.4 Å². The minimum atomic E-state index is -0.511. The number of ether oxygens (including phenoxy) is 1. The normalized spacial score (nSPS) is 13.5. The van der Waals surface area contributed by atoms with Gasteiger partial charge in [0.05, 0.1) is 5.56 Å². The number of benzene rings is 2. The van der Waals surface area contributed by atoms with Crippen LogP contribution < -0.4 is 15.8 Å². The molecule has 4 rings (SSSR count). The van der Waals surface area contributed by atoms with Crippen LogP contribution in [0.5, 0.6) is 5.75 Å². The fourth-order valence-corrected chi connectivity index (χ4v) is 4.92. The summed E-state index contributed by atoms with van der Waals surface area (Å²) in [7, 11) is 0. The molecule has 0 spiro atoms. The van der Waals surface area contributed by atoms with Crippen molar-refractivity contribution >= 4 is 28.2 Å². The van der Waals surface area contributed by atoms with Crippen LogP contribution in [0.2, 0.25) is 0 Å². The van der Waals surface area contributed by atoms with Gasteiger partial charge in [0.1, 0.15) is 10.8 Å². The molecule has 154 valence electrons. The lowest BCUT2D eigenvalue weighted by Gasteiger charge is -2.27. The van der Waals surface area contributed by atoms with Crippen molar-refractivity contribution in [1.29, 1.82) is 0 Å². The second-order valence-corrected chi connectivity index (χ2v) is 8.27. The van der Waals surface area contributed by atoms with E-state index in [-0.39, 0.29) is 12.5 Å². The molecule has 0 saturated carbocycles. The van der Waals surface area contributed by atoms with E-state index in [1.807, 2.05) is 36.4 Å². The maximum atomic E-state index is 12.4. The van der Waals surface area contributed by atoms with Gasteiger partial charge in [0.15, 0.2) is 6.61 Å². The van der Waals surface area contributed by atoms with E-state index in [0.29, 0.717) is 16.3 Å². The predicted octanol–water partition coefficient (Wildman–Crippen LogP) is 3.42. The third-order valence-corrected chi connectivity index (χ3v) is 6.13. The molecule has 0 bridgehead atoms. The standard InChI is InChI=1S/C23H23N3O3S/c24-22(28)21-18-11-12-26(13-16-7-3-1-4-8-16)14-19(18)30-23(21)25-20(27)15-29-17-9-5-2-6-10-17/h1-10H,11-15H2,(H2,24,28)(H,25,27). The maximum Gasteiger partial charge on any atom is 0.262 e. The molecule has 1 aromatic heterocycles. The van der Waals surface area contributed by atoms with Gasteiger partial charge >= 0.3 is 0 Å². The minimum Gasteiger partial charge on any atom is -0.484 e. The van der Waals surface area contributed by atoms with Crippen LogP contribution in [0.3, 0.4) is 0 Å². The van der Waals surface area contributed by atoms with Gasteiger partial charge in [0, 0.05) is 24.5 Å². The van der Waals surface area contributed by atoms with E-state index in [1.54, 1.807) is 12.1 Å². The number of rotatable bonds is 7. The Kier molecular flexibility index (Phi) is 6.11. The largest absolute Gasteiger partial charge is 0.484 e. The van der Waals surface area contributed by atoms with Crippen LogP contribution in [0.25, 0.3) is 0 Å². The molecule has 7 heteroatoms. The van der Waals surface area contributed by atoms with Gasteiger partial charge in [-0.2, -0.15) is 0 Å². The first-order valence-electron chi connectivity index (χ1n) is 9.78. The minimum absolute atomic E-state index is 0.134. The Hall–Kier alpha value is -3.16. The molecule has 6 nitrogen and oxygen atoms in total. The summed E-state index contributed by atoms with van der Waals surface area (Å²) in [6, 6.07) is 19.4. The van der Waals surface area contributed by atoms with Crippen LogP contribution in [0.4, 0.5) is 5.00 Å². The molecular weight excluding hydrogens is 398 g/mol. The van der Waals surface area contributed by atoms with Crippen molar-refractivity contribution in [2.45, 2.75) is 19.5 Å². The number of nitrogens with two attached hydrogens (primary N) is 1. The smallest absolute Gasteiger partial charge is 0.262 e. The van der Waals surface area contributed by atoms with Crippen LogP contribution in [-0.2, 0) is 24.3 Å². The van der Waals surface area contributed by atoms with Crippen LogP contribution in [0, 0.1) is 0 Å². The number of thiophene rings is 1. The van der Waals surface area contributed by atoms with E-state index in [1.165, 1.54) is 16.9 Å². The van der Waals surface area contributed by atoms with Gasteiger partial charge < -0.3 is 15.8 Å². The Labute approximate surface area is 179 Å². The fourth-order valence-electron chi connectivity index (χ4n) is 3.61. The third-order valence-electron chi connectivity index (χ3n) is 5.00. The SMILES string of the molecule is NC(=O)c1c(NC(=O)COc2ccccc2)sc2c1CCN(Cc1ccccc1)C2. The zero-order valence-corrected chi connectivity index (χ0v) is 17.3. The first-order chi connectivity index (χ1) is 14.6. The van der Waals surface area contributed by atoms with Crippen molar-refractivity contribution in [3.63, 3.8) is 0 Å². The monoisotopic (exact) mass is 421 g/mol. The summed E-state index contributed by atoms with van der Waals surface area (Å²) < 4.78 is 5.49. The molecule has 0 saturated heterocycles. The molecule has 1 aliphatic rings. The van der Waals surface area contributed by atoms with Gasteiger partial charge in [0.25, 0.3) is 11.8 Å². The van der Waals surface area contributed by atoms with Crippen molar-refractivity contribution in [2.24, 2.45) is 5.73 Å². The number of fused-ring (bicyclic) bond motifs is 1. The summed E-state index contributed by atoms with van der Waals surface area (Å²) in [5.74, 6) is -0.214. The molecule has 3 aromatic rings. The topological polar surface area (TPSA) is 84.7 Å². The van der Waals surface area contributed by atoms with E-state index >= 15 is 0 Å². The Morgan fingerprint density at radius 3 is 2.47 bits per heavy atom. The number of amides is 2. The van der Waals surface area contributed by atoms with Gasteiger partial charge in [-0.1, -0.05) is 48.5 Å². The Bertz CT molecular complexity index is 1030. The highest BCUT2D eigenvalue weighted by Gasteiger charge is 2.27. The zero-order valence-electron chi connectivity index (χ0n) is 16.5. The van der Waals surface area contributed by atoms with E-state index in [9.17, 15) is 9.59 Å². The molecule has 3 N–H and O–H groups in total. The maximum absolute atomic E-state index is 12.4. The number of primary amides is 1. The van der Waals surface area contributed by atoms with Gasteiger partial charge in [-0.25, -0.2) is 0 Å². The van der Waals surface area contributed by atoms with E-state index < -0.39 is 5.91 Å². The summed E-state index contributed by atoms with van der Waals surface area (Å²) in [6.07, 6.45) is 0.729. The van der Waals surface area contributed by atoms with Gasteiger partial charge in [0.2, 0.25) is 0 Å². The molecule has 0 radical (unpaired) electrons. The van der Waals surface area contributed by atoms with Crippen molar-refractivity contribution in [2.75, 3.05) is 18.5 Å². The summed E-state index contributed by atoms with van der Waals surface area (Å²) in [5.41, 5.74) is 8.29. The second kappa shape index (κ2) is 9.11. The highest BCUT2D eigenvalue weighted by atomic mass is 32.1. The second-order valence-electron chi connectivity index (χ2n) is 7.17. The summed E-state index contributed by atoms with van der Waals surface area (Å²) in [4.78, 5) is 27.9. The summed E-state index contributed by atoms with van der Waals surface area (Å²) >= 11 is 1.42. The number of para-hydroxylation sites is 1. The Balaban J connectivity index is 1.45. The predicted molar refractivity (Wildman–Crippen MR) is 118 cm³/mol. The van der Waals surface area contributed by atoms with E-state index in [2.05, 4.69) is 22.3 Å². The molecule has 2 aromatic carbocycles. The number of nitrogens with zero attached hydrogens (tertiary/aromatic N) is 1. The number of hydrogen-bond acceptors (Lipinski definition) is 5. The van der Waals surface area contributed by atoms with Gasteiger partial charge in [-0.05, 0) is 29.7 Å². The molecule has 1 aliphatic heterocycles. The molecule has 2 amide bonds. The highest BCUT2D eigenvalue weighted by Crippen LogP contribution is 2.37. The van der Waals surface area contributed by atoms with Crippen molar-refractivity contribution < 1.29 is 14.3 Å². The summed E-state index contributed by atoms with van der Waals surface area (Å²) in [5, 5.41) is 3.33. The molecule has 0 aliphatic carbocycles. The lowest BCUT2D eigenvalue weighted by Crippen LogP contribution is -2.30. The van der Waals surface area contributed by atoms with Crippen LogP contribution in [0.15, 0.2) is 60.7 Å². The van der Waals surface area contributed by atoms with Gasteiger partial charge in [-0.3, -0.25) is 14.5 Å². The lowest BCUT2D eigenvalue weighted by molar-refractivity contribution is -0.118. The van der Waals surface area contributed by atoms with Crippen molar-refractivity contribution in [3.8, 4) is 5.75 Å². The van der Waals surface area contributed by atoms with E-state index in [4.69, 9.17) is 10.5 Å². The van der Waals surface area contributed by atoms with Crippen molar-refractivity contribution in [3.05, 3.63) is 82.2 Å². The number of hydrogen-bond donors (Lipinski definition) is 2. The Morgan fingerprint density at radius 1 is 1.07 bits per heavy atom. The molecule has 30 heavy (non-hydrogen) atoms. The fraction of sp³-hybridized carbons (Fsp3) is 0.217. The molecule has 0 unspecified atom stereocenters. The van der Waals surface area contributed by atoms with E-state index in [0.717, 1.165) is 36.5 Å². The average molecular weight is 422 g/mol. The molecule has 2 heterocycles. The third kappa shape index (κ3) is 4.69. The molecule has 0 atom stereocenters. The average Bonchev–Trinajstić information content (AvgIpc) is 3.11. The summed E-state index contributed by atoms with van der Waals surface area (Å²) in [6.45, 7) is 2.27. The number of carbonyl (C=O) groups excluding carboxylic acids is 2. The molecular formula is C23H23N3O3S. The number of carbonyl (C=O) groups is 2.